The van der Waals surface area contributed by atoms with E-state index in [9.17, 15) is 0 Å². The van der Waals surface area contributed by atoms with Crippen molar-refractivity contribution < 1.29 is 4.74 Å². The van der Waals surface area contributed by atoms with Gasteiger partial charge in [0.1, 0.15) is 5.75 Å². The normalized spacial score (nSPS) is 11.0. The third-order valence-electron chi connectivity index (χ3n) is 2.67. The van der Waals surface area contributed by atoms with Crippen molar-refractivity contribution in [2.45, 2.75) is 20.8 Å². The summed E-state index contributed by atoms with van der Waals surface area (Å²) in [5.74, 6) is 1.55. The maximum Gasteiger partial charge on any atom is 0.127 e. The van der Waals surface area contributed by atoms with Gasteiger partial charge >= 0.3 is 0 Å². The quantitative estimate of drug-likeness (QED) is 0.744. The molecule has 0 saturated carbocycles. The van der Waals surface area contributed by atoms with E-state index in [1.54, 1.807) is 0 Å². The molecular formula is C15H18O. The van der Waals surface area contributed by atoms with Crippen LogP contribution in [-0.2, 0) is 0 Å². The van der Waals surface area contributed by atoms with Crippen LogP contribution in [-0.4, -0.2) is 6.61 Å². The van der Waals surface area contributed by atoms with Crippen LogP contribution in [0.15, 0.2) is 36.4 Å². The standard InChI is InChI=1S/C15H18O/c1-11(2)10-16-15-9-8-12(3)13-6-4-5-7-14(13)15/h4-9,11H,10H2,1-3H3. The predicted molar refractivity (Wildman–Crippen MR) is 69.0 cm³/mol. The molecule has 0 radical (unpaired) electrons. The Bertz CT molecular complexity index is 486. The second-order valence-corrected chi connectivity index (χ2v) is 4.63. The first-order valence-corrected chi connectivity index (χ1v) is 5.79. The minimum absolute atomic E-state index is 0.556. The molecule has 0 aliphatic heterocycles. The van der Waals surface area contributed by atoms with Crippen molar-refractivity contribution >= 4 is 10.8 Å². The summed E-state index contributed by atoms with van der Waals surface area (Å²) in [7, 11) is 0. The molecule has 0 spiro atoms. The van der Waals surface area contributed by atoms with Gasteiger partial charge in [-0.3, -0.25) is 0 Å². The molecule has 1 nitrogen and oxygen atoms in total. The largest absolute Gasteiger partial charge is 0.493 e. The van der Waals surface area contributed by atoms with E-state index >= 15 is 0 Å². The Kier molecular flexibility index (Phi) is 3.14. The molecule has 0 heterocycles. The average molecular weight is 214 g/mol. The fourth-order valence-corrected chi connectivity index (χ4v) is 1.80. The molecule has 1 heteroatoms. The molecule has 0 saturated heterocycles. The third-order valence-corrected chi connectivity index (χ3v) is 2.67. The highest BCUT2D eigenvalue weighted by Gasteiger charge is 2.04. The van der Waals surface area contributed by atoms with Gasteiger partial charge < -0.3 is 4.74 Å². The molecule has 0 fully saturated rings. The molecule has 84 valence electrons. The molecule has 0 bridgehead atoms. The summed E-state index contributed by atoms with van der Waals surface area (Å²) in [5.41, 5.74) is 1.30. The lowest BCUT2D eigenvalue weighted by atomic mass is 10.0. The first-order valence-electron chi connectivity index (χ1n) is 5.79. The maximum absolute atomic E-state index is 5.84. The second kappa shape index (κ2) is 4.56. The van der Waals surface area contributed by atoms with E-state index < -0.39 is 0 Å². The summed E-state index contributed by atoms with van der Waals surface area (Å²) in [4.78, 5) is 0. The lowest BCUT2D eigenvalue weighted by Gasteiger charge is -2.12. The molecule has 0 atom stereocenters. The highest BCUT2D eigenvalue weighted by molar-refractivity contribution is 5.90. The zero-order valence-electron chi connectivity index (χ0n) is 10.2. The second-order valence-electron chi connectivity index (χ2n) is 4.63. The molecule has 0 unspecified atom stereocenters. The lowest BCUT2D eigenvalue weighted by Crippen LogP contribution is -2.04. The van der Waals surface area contributed by atoms with Gasteiger partial charge in [0.2, 0.25) is 0 Å². The number of fused-ring (bicyclic) bond motifs is 1. The minimum Gasteiger partial charge on any atom is -0.493 e. The number of aryl methyl sites for hydroxylation is 1. The average Bonchev–Trinajstić information content (AvgIpc) is 2.28. The monoisotopic (exact) mass is 214 g/mol. The summed E-state index contributed by atoms with van der Waals surface area (Å²) in [5, 5.41) is 2.49. The van der Waals surface area contributed by atoms with Crippen molar-refractivity contribution in [1.82, 2.24) is 0 Å². The van der Waals surface area contributed by atoms with Gasteiger partial charge in [0.15, 0.2) is 0 Å². The summed E-state index contributed by atoms with van der Waals surface area (Å²) in [6.45, 7) is 7.23. The van der Waals surface area contributed by atoms with Gasteiger partial charge in [0.25, 0.3) is 0 Å². The molecule has 0 N–H and O–H groups in total. The van der Waals surface area contributed by atoms with E-state index in [2.05, 4.69) is 57.2 Å². The van der Waals surface area contributed by atoms with Crippen LogP contribution < -0.4 is 4.74 Å². The van der Waals surface area contributed by atoms with Crippen LogP contribution in [0.3, 0.4) is 0 Å². The Balaban J connectivity index is 2.42. The van der Waals surface area contributed by atoms with E-state index in [-0.39, 0.29) is 0 Å². The van der Waals surface area contributed by atoms with Crippen molar-refractivity contribution in [3.05, 3.63) is 42.0 Å². The fourth-order valence-electron chi connectivity index (χ4n) is 1.80. The number of rotatable bonds is 3. The van der Waals surface area contributed by atoms with Gasteiger partial charge in [-0.1, -0.05) is 44.2 Å². The van der Waals surface area contributed by atoms with Gasteiger partial charge in [-0.05, 0) is 29.9 Å². The zero-order chi connectivity index (χ0) is 11.5. The topological polar surface area (TPSA) is 9.23 Å². The van der Waals surface area contributed by atoms with Gasteiger partial charge in [0, 0.05) is 5.39 Å². The highest BCUT2D eigenvalue weighted by atomic mass is 16.5. The van der Waals surface area contributed by atoms with Crippen molar-refractivity contribution in [2.24, 2.45) is 5.92 Å². The molecule has 0 aromatic heterocycles. The van der Waals surface area contributed by atoms with E-state index in [1.807, 2.05) is 0 Å². The molecule has 2 rings (SSSR count). The van der Waals surface area contributed by atoms with Crippen LogP contribution in [0.5, 0.6) is 5.75 Å². The molecular weight excluding hydrogens is 196 g/mol. The summed E-state index contributed by atoms with van der Waals surface area (Å²) >= 11 is 0. The van der Waals surface area contributed by atoms with Crippen LogP contribution in [0.2, 0.25) is 0 Å². The Morgan fingerprint density at radius 2 is 1.69 bits per heavy atom. The summed E-state index contributed by atoms with van der Waals surface area (Å²) < 4.78 is 5.84. The SMILES string of the molecule is Cc1ccc(OCC(C)C)c2ccccc12. The lowest BCUT2D eigenvalue weighted by molar-refractivity contribution is 0.274. The van der Waals surface area contributed by atoms with Crippen LogP contribution >= 0.6 is 0 Å². The number of hydrogen-bond donors (Lipinski definition) is 0. The maximum atomic E-state index is 5.84. The van der Waals surface area contributed by atoms with Gasteiger partial charge in [-0.2, -0.15) is 0 Å². The molecule has 16 heavy (non-hydrogen) atoms. The number of hydrogen-bond acceptors (Lipinski definition) is 1. The molecule has 2 aromatic rings. The van der Waals surface area contributed by atoms with Crippen LogP contribution in [0.25, 0.3) is 10.8 Å². The molecule has 2 aromatic carbocycles. The summed E-state index contributed by atoms with van der Waals surface area (Å²) in [6, 6.07) is 12.6. The minimum atomic E-state index is 0.556. The van der Waals surface area contributed by atoms with Crippen LogP contribution in [0, 0.1) is 12.8 Å². The summed E-state index contributed by atoms with van der Waals surface area (Å²) in [6.07, 6.45) is 0. The van der Waals surface area contributed by atoms with E-state index in [1.165, 1.54) is 16.3 Å². The Labute approximate surface area is 97.1 Å². The van der Waals surface area contributed by atoms with Crippen molar-refractivity contribution in [3.8, 4) is 5.75 Å². The molecule has 0 aliphatic rings. The number of benzene rings is 2. The van der Waals surface area contributed by atoms with E-state index in [0.717, 1.165) is 12.4 Å². The Morgan fingerprint density at radius 3 is 2.38 bits per heavy atom. The van der Waals surface area contributed by atoms with Crippen LogP contribution in [0.1, 0.15) is 19.4 Å². The van der Waals surface area contributed by atoms with Crippen molar-refractivity contribution in [1.29, 1.82) is 0 Å². The van der Waals surface area contributed by atoms with Crippen molar-refractivity contribution in [2.75, 3.05) is 6.61 Å². The Morgan fingerprint density at radius 1 is 1.00 bits per heavy atom. The molecule has 0 aliphatic carbocycles. The smallest absolute Gasteiger partial charge is 0.127 e. The van der Waals surface area contributed by atoms with E-state index in [4.69, 9.17) is 4.74 Å². The predicted octanol–water partition coefficient (Wildman–Crippen LogP) is 4.18. The van der Waals surface area contributed by atoms with E-state index in [0.29, 0.717) is 5.92 Å². The van der Waals surface area contributed by atoms with Gasteiger partial charge in [-0.25, -0.2) is 0 Å². The Hall–Kier alpha value is -1.50. The first-order chi connectivity index (χ1) is 7.68. The third kappa shape index (κ3) is 2.19. The zero-order valence-corrected chi connectivity index (χ0v) is 10.2. The first kappa shape index (κ1) is 11.0. The van der Waals surface area contributed by atoms with Crippen LogP contribution in [0.4, 0.5) is 0 Å². The van der Waals surface area contributed by atoms with Crippen molar-refractivity contribution in [3.63, 3.8) is 0 Å². The molecule has 0 amide bonds. The number of ether oxygens (including phenoxy) is 1. The van der Waals surface area contributed by atoms with Gasteiger partial charge in [-0.15, -0.1) is 0 Å². The highest BCUT2D eigenvalue weighted by Crippen LogP contribution is 2.28. The fraction of sp³-hybridized carbons (Fsp3) is 0.333. The van der Waals surface area contributed by atoms with Gasteiger partial charge in [0.05, 0.1) is 6.61 Å².